The second-order valence-corrected chi connectivity index (χ2v) is 36.0. The number of nitrogen functional groups attached to an aromatic ring is 1. The highest BCUT2D eigenvalue weighted by Gasteiger charge is 2.31. The van der Waals surface area contributed by atoms with E-state index in [0.717, 1.165) is 129 Å². The van der Waals surface area contributed by atoms with Gasteiger partial charge in [0.25, 0.3) is 30.6 Å². The maximum atomic E-state index is 12.4. The third kappa shape index (κ3) is 23.0. The van der Waals surface area contributed by atoms with Gasteiger partial charge in [0.1, 0.15) is 85.7 Å². The fourth-order valence-electron chi connectivity index (χ4n) is 16.4. The topological polar surface area (TPSA) is 419 Å². The molecule has 1 saturated carbocycles. The Labute approximate surface area is 795 Å². The Morgan fingerprint density at radius 2 is 0.701 bits per heavy atom. The number of alkyl halides is 2. The molecule has 0 unspecified atom stereocenters. The summed E-state index contributed by atoms with van der Waals surface area (Å²) in [5.41, 5.74) is 23.8. The van der Waals surface area contributed by atoms with Crippen molar-refractivity contribution in [2.45, 2.75) is 107 Å². The molecule has 9 N–H and O–H groups in total. The minimum absolute atomic E-state index is 0.00431. The highest BCUT2D eigenvalue weighted by Crippen LogP contribution is 2.43. The Morgan fingerprint density at radius 3 is 0.985 bits per heavy atom. The molecule has 0 radical (unpaired) electrons. The number of halogens is 2. The zero-order valence-electron chi connectivity index (χ0n) is 77.8. The number of nitriles is 5. The molecule has 16 rings (SSSR count). The first kappa shape index (κ1) is 101. The number of anilines is 5. The fourth-order valence-corrected chi connectivity index (χ4v) is 19.0. The van der Waals surface area contributed by atoms with Crippen molar-refractivity contribution in [3.63, 3.8) is 0 Å². The van der Waals surface area contributed by atoms with Crippen molar-refractivity contribution in [3.05, 3.63) is 240 Å². The second kappa shape index (κ2) is 45.1. The average Bonchev–Trinajstić information content (AvgIpc) is 1.62. The molecule has 5 aromatic heterocycles. The summed E-state index contributed by atoms with van der Waals surface area (Å²) < 4.78 is 148. The van der Waals surface area contributed by atoms with Gasteiger partial charge in [-0.25, -0.2) is 13.5 Å². The van der Waals surface area contributed by atoms with Crippen molar-refractivity contribution in [2.75, 3.05) is 86.7 Å². The van der Waals surface area contributed by atoms with Gasteiger partial charge in [-0.15, -0.1) is 0 Å². The van der Waals surface area contributed by atoms with Crippen LogP contribution in [-0.4, -0.2) is 122 Å². The first-order valence-electron chi connectivity index (χ1n) is 44.2. The number of aromatic nitrogens is 5. The van der Waals surface area contributed by atoms with Crippen LogP contribution in [0.2, 0.25) is 0 Å². The van der Waals surface area contributed by atoms with Crippen LogP contribution in [-0.2, 0) is 68.1 Å². The van der Waals surface area contributed by atoms with Crippen LogP contribution in [0.4, 0.5) is 37.2 Å². The van der Waals surface area contributed by atoms with Crippen molar-refractivity contribution >= 4 is 119 Å². The minimum atomic E-state index is -3.69. The van der Waals surface area contributed by atoms with Crippen LogP contribution >= 0.6 is 0 Å². The van der Waals surface area contributed by atoms with Crippen LogP contribution in [0.3, 0.4) is 0 Å². The number of hydrogen-bond acceptors (Lipinski definition) is 18. The zero-order chi connectivity index (χ0) is 98.6. The van der Waals surface area contributed by atoms with Crippen molar-refractivity contribution in [1.29, 1.82) is 26.3 Å². The number of amides is 1. The Bertz CT molecular complexity index is 7560. The van der Waals surface area contributed by atoms with Crippen LogP contribution < -0.4 is 63.1 Å². The van der Waals surface area contributed by atoms with Crippen LogP contribution in [0, 0.1) is 62.6 Å². The van der Waals surface area contributed by atoms with Gasteiger partial charge in [0, 0.05) is 144 Å². The summed E-state index contributed by atoms with van der Waals surface area (Å²) in [7, 11) is -4.80. The summed E-state index contributed by atoms with van der Waals surface area (Å²) in [5.74, 6) is 3.53. The number of nitrogens with zero attached hydrogens (tertiary/aromatic N) is 10. The molecule has 15 aromatic rings. The molecule has 30 nitrogen and oxygen atoms in total. The lowest BCUT2D eigenvalue weighted by Gasteiger charge is -2.13. The molecule has 708 valence electrons. The fraction of sp³-hybridized carbons (Fsp3) is 0.255. The van der Waals surface area contributed by atoms with Crippen molar-refractivity contribution in [3.8, 4) is 115 Å². The van der Waals surface area contributed by atoms with E-state index in [1.807, 2.05) is 194 Å². The van der Waals surface area contributed by atoms with Crippen molar-refractivity contribution < 1.29 is 62.5 Å². The van der Waals surface area contributed by atoms with Gasteiger partial charge in [-0.1, -0.05) is 67.6 Å². The Balaban J connectivity index is 0.000000154. The van der Waals surface area contributed by atoms with Gasteiger partial charge in [-0.3, -0.25) is 19.0 Å². The lowest BCUT2D eigenvalue weighted by molar-refractivity contribution is -0.117. The molecule has 1 fully saturated rings. The van der Waals surface area contributed by atoms with E-state index in [1.165, 1.54) is 7.05 Å². The molecule has 0 spiro atoms. The SMILES string of the molecule is CCNS(=O)(=O)Nc1cccc(-c2c(C#N)c3ccc(OC)cc3n2CC)c1.CCn1c(-c2ccc(N)cc2)c(C#N)c2ccc(OCCF)cc21.CCn1c(-c2ccc(NC(=O)C3CC3)cc2)c(C#N)c2ccc(OCCF)cc21.CCn1c(-c2cccc(NS(=O)(=O)NC(C)C)c2)c(C#N)c2ccc(OC)cc21.CCn1c(-c2cccc(NS(=O)(=O)NC)c2)c(C#N)c2ccc(OC)cc21. The first-order valence-corrected chi connectivity index (χ1v) is 48.7. The number of hydrogen-bond donors (Lipinski definition) is 8. The molecule has 10 aromatic carbocycles. The quantitative estimate of drug-likeness (QED) is 0.0182. The Hall–Kier alpha value is -15.4. The summed E-state index contributed by atoms with van der Waals surface area (Å²) in [6.07, 6.45) is 1.92. The standard InChI is InChI=1S/C23H22FN3O2.C21H24N4O3S.C20H22N4O3S.C19H18FN3O.C19H20N4O3S/c1-2-27-21-13-18(29-12-11-24)9-10-19(21)20(14-25)22(27)15-5-7-17(8-6-15)26-23(28)16-3-4-16;1-5-25-20-12-17(28-4)9-10-18(20)19(13-22)21(25)15-7-6-8-16(11-15)24-29(26,27)23-14(2)3;1-4-22-28(25,26)23-15-8-6-7-14(11-15)20-18(13-21)17-10-9-16(27-3)12-19(17)24(20)5-2;1-2-23-18-11-15(24-10-9-20)7-8-16(18)17(12-21)19(23)13-3-5-14(22)6-4-13;1-4-23-18-11-15(26-3)8-9-16(18)17(12-20)19(23)13-6-5-7-14(10-13)22-27(24,25)21-2/h5-10,13,16H,2-4,11-12H2,1H3,(H,26,28);6-12,14,23-24H,5H2,1-4H3;6-12,22-23H,4-5H2,1-3H3;3-8,11H,2,9-10,22H2,1H3;5-11,21-22H,4H2,1-3H3. The number of nitrogens with one attached hydrogen (secondary N) is 7. The predicted molar refractivity (Wildman–Crippen MR) is 536 cm³/mol. The maximum absolute atomic E-state index is 12.4. The molecule has 0 aliphatic heterocycles. The lowest BCUT2D eigenvalue weighted by atomic mass is 10.1. The summed E-state index contributed by atoms with van der Waals surface area (Å²) >= 11 is 0. The largest absolute Gasteiger partial charge is 0.497 e. The van der Waals surface area contributed by atoms with E-state index < -0.39 is 44.0 Å². The summed E-state index contributed by atoms with van der Waals surface area (Å²) in [5, 5.41) is 56.1. The molecule has 137 heavy (non-hydrogen) atoms. The monoisotopic (exact) mass is 1910 g/mol. The molecule has 1 amide bonds. The third-order valence-electron chi connectivity index (χ3n) is 22.4. The number of ether oxygens (including phenoxy) is 5. The number of fused-ring (bicyclic) bond motifs is 5. The van der Waals surface area contributed by atoms with E-state index in [9.17, 15) is 65.1 Å². The van der Waals surface area contributed by atoms with E-state index in [1.54, 1.807) is 109 Å². The minimum Gasteiger partial charge on any atom is -0.497 e. The second-order valence-electron chi connectivity index (χ2n) is 31.5. The molecule has 35 heteroatoms. The smallest absolute Gasteiger partial charge is 0.299 e. The Kier molecular flexibility index (Phi) is 33.1. The van der Waals surface area contributed by atoms with Gasteiger partial charge in [0.2, 0.25) is 5.91 Å². The highest BCUT2D eigenvalue weighted by atomic mass is 32.2. The number of nitrogens with two attached hydrogens (primary N) is 1. The molecule has 1 aliphatic rings. The zero-order valence-corrected chi connectivity index (χ0v) is 80.2. The normalized spacial score (nSPS) is 11.7. The predicted octanol–water partition coefficient (Wildman–Crippen LogP) is 19.4. The number of rotatable bonds is 32. The van der Waals surface area contributed by atoms with Crippen LogP contribution in [0.5, 0.6) is 28.7 Å². The first-order chi connectivity index (χ1) is 66.0. The van der Waals surface area contributed by atoms with Gasteiger partial charge in [0.05, 0.1) is 122 Å². The summed E-state index contributed by atoms with van der Waals surface area (Å²) in [4.78, 5) is 12.0. The van der Waals surface area contributed by atoms with Crippen LogP contribution in [0.15, 0.2) is 212 Å². The molecular formula is C102H106F2N18O12S3. The van der Waals surface area contributed by atoms with Gasteiger partial charge in [-0.2, -0.15) is 61.0 Å². The molecule has 0 atom stereocenters. The summed E-state index contributed by atoms with van der Waals surface area (Å²) in [6, 6.07) is 75.2. The van der Waals surface area contributed by atoms with Crippen LogP contribution in [0.25, 0.3) is 111 Å². The maximum Gasteiger partial charge on any atom is 0.299 e. The number of carbonyl (C=O) groups excluding carboxylic acids is 1. The number of aryl methyl sites for hydroxylation is 5. The van der Waals surface area contributed by atoms with Crippen LogP contribution in [0.1, 0.15) is 96.0 Å². The lowest BCUT2D eigenvalue weighted by Crippen LogP contribution is -2.35. The van der Waals surface area contributed by atoms with Gasteiger partial charge >= 0.3 is 0 Å². The Morgan fingerprint density at radius 1 is 0.401 bits per heavy atom. The van der Waals surface area contributed by atoms with Gasteiger partial charge < -0.3 is 57.6 Å². The van der Waals surface area contributed by atoms with E-state index in [2.05, 4.69) is 73.1 Å². The van der Waals surface area contributed by atoms with Gasteiger partial charge in [-0.05, 0) is 194 Å². The highest BCUT2D eigenvalue weighted by molar-refractivity contribution is 7.91. The van der Waals surface area contributed by atoms with E-state index in [-0.39, 0.29) is 31.1 Å². The van der Waals surface area contributed by atoms with E-state index in [0.29, 0.717) is 119 Å². The molecule has 0 bridgehead atoms. The van der Waals surface area contributed by atoms with Crippen molar-refractivity contribution in [2.24, 2.45) is 5.92 Å². The average molecular weight is 1910 g/mol. The van der Waals surface area contributed by atoms with Gasteiger partial charge in [0.15, 0.2) is 0 Å². The third-order valence-corrected chi connectivity index (χ3v) is 25.9. The number of carbonyl (C=O) groups is 1. The number of methoxy groups -OCH3 is 3. The van der Waals surface area contributed by atoms with Crippen molar-refractivity contribution in [1.82, 2.24) is 37.0 Å². The molecule has 0 saturated heterocycles. The molecule has 1 aliphatic carbocycles. The van der Waals surface area contributed by atoms with E-state index >= 15 is 0 Å². The molecule has 5 heterocycles. The summed E-state index contributed by atoms with van der Waals surface area (Å²) in [6.45, 7) is 17.8. The molecular weight excluding hydrogens is 1800 g/mol. The number of benzene rings is 10. The van der Waals surface area contributed by atoms with E-state index in [4.69, 9.17) is 29.4 Å².